The molecule has 5 aromatic rings. The highest BCUT2D eigenvalue weighted by Crippen LogP contribution is 2.32. The van der Waals surface area contributed by atoms with Crippen LogP contribution in [0.1, 0.15) is 31.4 Å². The number of aliphatic imine (C=N–C) groups is 1. The minimum Gasteiger partial charge on any atom is -0.490 e. The number of hydrogen-bond donors (Lipinski definition) is 2. The quantitative estimate of drug-likeness (QED) is 0.0955. The SMILES string of the molecule is C=Nc1cc(N2CCCC2)ccc1NCc1ccc(OCCOCCOc2ccc(-c3nc4ccc(N5CCCC5)cc4[nH]3)nc2)cn1. The molecule has 48 heavy (non-hydrogen) atoms. The largest absolute Gasteiger partial charge is 0.490 e. The van der Waals surface area contributed by atoms with Crippen molar-refractivity contribution >= 4 is 40.5 Å². The lowest BCUT2D eigenvalue weighted by Gasteiger charge is -2.19. The number of aromatic nitrogens is 4. The first kappa shape index (κ1) is 31.4. The zero-order valence-corrected chi connectivity index (χ0v) is 27.2. The molecule has 2 aliphatic rings. The van der Waals surface area contributed by atoms with E-state index in [-0.39, 0.29) is 0 Å². The predicted octanol–water partition coefficient (Wildman–Crippen LogP) is 6.64. The summed E-state index contributed by atoms with van der Waals surface area (Å²) in [6, 6.07) is 20.4. The summed E-state index contributed by atoms with van der Waals surface area (Å²) in [6.45, 7) is 10.5. The fourth-order valence-corrected chi connectivity index (χ4v) is 6.19. The first-order valence-electron chi connectivity index (χ1n) is 16.8. The number of imidazole rings is 1. The van der Waals surface area contributed by atoms with Crippen molar-refractivity contribution in [1.82, 2.24) is 19.9 Å². The van der Waals surface area contributed by atoms with E-state index in [1.807, 2.05) is 24.3 Å². The van der Waals surface area contributed by atoms with Gasteiger partial charge in [0.25, 0.3) is 0 Å². The summed E-state index contributed by atoms with van der Waals surface area (Å²) < 4.78 is 17.3. The number of nitrogens with zero attached hydrogens (tertiary/aromatic N) is 6. The van der Waals surface area contributed by atoms with E-state index in [9.17, 15) is 0 Å². The molecule has 248 valence electrons. The van der Waals surface area contributed by atoms with Crippen LogP contribution in [-0.4, -0.2) is 79.3 Å². The molecular weight excluding hydrogens is 604 g/mol. The van der Waals surface area contributed by atoms with Crippen LogP contribution in [0.15, 0.2) is 78.0 Å². The molecule has 0 radical (unpaired) electrons. The van der Waals surface area contributed by atoms with E-state index >= 15 is 0 Å². The van der Waals surface area contributed by atoms with Gasteiger partial charge in [0.2, 0.25) is 0 Å². The Balaban J connectivity index is 0.793. The molecule has 2 aliphatic heterocycles. The number of nitrogens with one attached hydrogen (secondary N) is 2. The normalized spacial score (nSPS) is 14.5. The topological polar surface area (TPSA) is 113 Å². The molecule has 0 amide bonds. The monoisotopic (exact) mass is 646 g/mol. The Morgan fingerprint density at radius 1 is 0.750 bits per heavy atom. The number of benzene rings is 2. The van der Waals surface area contributed by atoms with E-state index in [4.69, 9.17) is 19.2 Å². The third kappa shape index (κ3) is 7.69. The van der Waals surface area contributed by atoms with Crippen LogP contribution in [0.3, 0.4) is 0 Å². The summed E-state index contributed by atoms with van der Waals surface area (Å²) in [5.41, 5.74) is 7.87. The lowest BCUT2D eigenvalue weighted by Crippen LogP contribution is -2.17. The Morgan fingerprint density at radius 2 is 1.42 bits per heavy atom. The van der Waals surface area contributed by atoms with Crippen LogP contribution in [0.25, 0.3) is 22.6 Å². The summed E-state index contributed by atoms with van der Waals surface area (Å²) >= 11 is 0. The smallest absolute Gasteiger partial charge is 0.157 e. The Kier molecular flexibility index (Phi) is 9.93. The first-order chi connectivity index (χ1) is 23.7. The van der Waals surface area contributed by atoms with Gasteiger partial charge in [-0.3, -0.25) is 9.98 Å². The van der Waals surface area contributed by atoms with Gasteiger partial charge in [0.05, 0.1) is 60.3 Å². The summed E-state index contributed by atoms with van der Waals surface area (Å²) in [5.74, 6) is 2.13. The Bertz CT molecular complexity index is 1800. The molecule has 0 bridgehead atoms. The number of ether oxygens (including phenoxy) is 3. The molecule has 2 N–H and O–H groups in total. The average Bonchev–Trinajstić information content (AvgIpc) is 3.94. The summed E-state index contributed by atoms with van der Waals surface area (Å²) in [4.78, 5) is 26.3. The van der Waals surface area contributed by atoms with Crippen LogP contribution in [0.5, 0.6) is 11.5 Å². The van der Waals surface area contributed by atoms with E-state index in [2.05, 4.69) is 78.2 Å². The van der Waals surface area contributed by atoms with Crippen molar-refractivity contribution in [1.29, 1.82) is 0 Å². The Hall–Kier alpha value is -5.16. The van der Waals surface area contributed by atoms with Crippen LogP contribution in [0.2, 0.25) is 0 Å². The minimum absolute atomic E-state index is 0.415. The van der Waals surface area contributed by atoms with Crippen molar-refractivity contribution in [3.63, 3.8) is 0 Å². The second-order valence-electron chi connectivity index (χ2n) is 12.1. The van der Waals surface area contributed by atoms with Gasteiger partial charge in [-0.15, -0.1) is 0 Å². The number of anilines is 3. The summed E-state index contributed by atoms with van der Waals surface area (Å²) in [5, 5.41) is 3.43. The molecule has 0 spiro atoms. The lowest BCUT2D eigenvalue weighted by atomic mass is 10.2. The van der Waals surface area contributed by atoms with Gasteiger partial charge in [0, 0.05) is 37.6 Å². The van der Waals surface area contributed by atoms with Crippen LogP contribution in [0.4, 0.5) is 22.7 Å². The highest BCUT2D eigenvalue weighted by molar-refractivity contribution is 5.82. The van der Waals surface area contributed by atoms with Crippen molar-refractivity contribution in [2.75, 3.05) is 67.7 Å². The van der Waals surface area contributed by atoms with E-state index in [1.54, 1.807) is 12.4 Å². The molecule has 0 aliphatic carbocycles. The molecule has 2 saturated heterocycles. The van der Waals surface area contributed by atoms with Crippen LogP contribution in [-0.2, 0) is 11.3 Å². The van der Waals surface area contributed by atoms with Gasteiger partial charge < -0.3 is 34.3 Å². The molecular formula is C37H42N8O3. The lowest BCUT2D eigenvalue weighted by molar-refractivity contribution is 0.0762. The van der Waals surface area contributed by atoms with Gasteiger partial charge >= 0.3 is 0 Å². The highest BCUT2D eigenvalue weighted by atomic mass is 16.5. The maximum atomic E-state index is 5.81. The van der Waals surface area contributed by atoms with E-state index in [0.717, 1.165) is 65.8 Å². The molecule has 3 aromatic heterocycles. The standard InChI is InChI=1S/C37H42N8O3/c1-38-35-22-28(44-14-2-3-15-44)7-11-32(35)40-24-27-6-9-30(25-39-27)47-20-18-46-19-21-48-31-10-13-34(41-26-31)37-42-33-12-8-29(23-36(33)43-37)45-16-4-5-17-45/h6-13,22-23,25-26,40H,1-5,14-21,24H2,(H,42,43). The average molecular weight is 647 g/mol. The molecule has 11 heteroatoms. The molecule has 7 rings (SSSR count). The number of fused-ring (bicyclic) bond motifs is 1. The van der Waals surface area contributed by atoms with Gasteiger partial charge in [-0.1, -0.05) is 0 Å². The fourth-order valence-electron chi connectivity index (χ4n) is 6.19. The number of rotatable bonds is 15. The van der Waals surface area contributed by atoms with Crippen LogP contribution in [0, 0.1) is 0 Å². The maximum Gasteiger partial charge on any atom is 0.157 e. The van der Waals surface area contributed by atoms with Crippen molar-refractivity contribution < 1.29 is 14.2 Å². The zero-order chi connectivity index (χ0) is 32.5. The number of pyridine rings is 2. The second-order valence-corrected chi connectivity index (χ2v) is 12.1. The van der Waals surface area contributed by atoms with Gasteiger partial charge in [0.1, 0.15) is 30.4 Å². The van der Waals surface area contributed by atoms with Gasteiger partial charge in [-0.25, -0.2) is 9.97 Å². The fraction of sp³-hybridized carbons (Fsp3) is 0.351. The second kappa shape index (κ2) is 15.2. The predicted molar refractivity (Wildman–Crippen MR) is 191 cm³/mol. The van der Waals surface area contributed by atoms with Gasteiger partial charge in [-0.05, 0) is 93.1 Å². The molecule has 11 nitrogen and oxygen atoms in total. The van der Waals surface area contributed by atoms with E-state index in [0.29, 0.717) is 44.5 Å². The molecule has 2 aromatic carbocycles. The molecule has 0 unspecified atom stereocenters. The minimum atomic E-state index is 0.415. The van der Waals surface area contributed by atoms with E-state index < -0.39 is 0 Å². The van der Waals surface area contributed by atoms with Crippen LogP contribution < -0.4 is 24.6 Å². The molecule has 5 heterocycles. The van der Waals surface area contributed by atoms with Gasteiger partial charge in [-0.2, -0.15) is 0 Å². The van der Waals surface area contributed by atoms with Crippen molar-refractivity contribution in [3.8, 4) is 23.0 Å². The highest BCUT2D eigenvalue weighted by Gasteiger charge is 2.15. The van der Waals surface area contributed by atoms with Gasteiger partial charge in [0.15, 0.2) is 5.82 Å². The van der Waals surface area contributed by atoms with Crippen molar-refractivity contribution in [2.24, 2.45) is 4.99 Å². The zero-order valence-electron chi connectivity index (χ0n) is 27.2. The molecule has 0 atom stereocenters. The Morgan fingerprint density at radius 3 is 2.06 bits per heavy atom. The summed E-state index contributed by atoms with van der Waals surface area (Å²) in [6.07, 6.45) is 8.44. The van der Waals surface area contributed by atoms with E-state index in [1.165, 1.54) is 37.1 Å². The van der Waals surface area contributed by atoms with Crippen LogP contribution >= 0.6 is 0 Å². The number of H-pyrrole nitrogens is 1. The molecule has 0 saturated carbocycles. The first-order valence-corrected chi connectivity index (χ1v) is 16.8. The maximum absolute atomic E-state index is 5.81. The third-order valence-corrected chi connectivity index (χ3v) is 8.79. The molecule has 2 fully saturated rings. The number of hydrogen-bond acceptors (Lipinski definition) is 10. The van der Waals surface area contributed by atoms with Crippen molar-refractivity contribution in [3.05, 3.63) is 78.8 Å². The number of aromatic amines is 1. The summed E-state index contributed by atoms with van der Waals surface area (Å²) in [7, 11) is 0. The third-order valence-electron chi connectivity index (χ3n) is 8.79. The Labute approximate surface area is 281 Å². The van der Waals surface area contributed by atoms with Crippen molar-refractivity contribution in [2.45, 2.75) is 32.2 Å².